The number of nitrogens with zero attached hydrogens (tertiary/aromatic N) is 1. The lowest BCUT2D eigenvalue weighted by atomic mass is 9.95. The van der Waals surface area contributed by atoms with Crippen LogP contribution in [0, 0.1) is 13.8 Å². The van der Waals surface area contributed by atoms with Crippen molar-refractivity contribution in [1.82, 2.24) is 4.57 Å². The van der Waals surface area contributed by atoms with Crippen molar-refractivity contribution in [3.05, 3.63) is 149 Å². The Kier molecular flexibility index (Phi) is 8.33. The Morgan fingerprint density at radius 2 is 0.894 bits per heavy atom. The minimum absolute atomic E-state index is 1.04. The SMILES string of the molecule is CCc1cc(CC)cc(-c2ccc3c(c2)c2cc(-c4cc(CC)cc(CC)c4)ccc2n3-c2ccccc2-c2cccc(C)c2C)c1. The molecule has 1 heteroatoms. The third kappa shape index (κ3) is 5.59. The average Bonchev–Trinajstić information content (AvgIpc) is 3.45. The molecule has 47 heavy (non-hydrogen) atoms. The van der Waals surface area contributed by atoms with Gasteiger partial charge in [-0.25, -0.2) is 0 Å². The van der Waals surface area contributed by atoms with Gasteiger partial charge in [0, 0.05) is 16.3 Å². The second-order valence-electron chi connectivity index (χ2n) is 13.1. The first-order chi connectivity index (χ1) is 22.9. The Morgan fingerprint density at radius 3 is 1.38 bits per heavy atom. The van der Waals surface area contributed by atoms with Gasteiger partial charge in [-0.2, -0.15) is 0 Å². The molecule has 0 radical (unpaired) electrons. The lowest BCUT2D eigenvalue weighted by molar-refractivity contribution is 1.09. The highest BCUT2D eigenvalue weighted by Gasteiger charge is 2.18. The van der Waals surface area contributed by atoms with Crippen LogP contribution in [0.3, 0.4) is 0 Å². The van der Waals surface area contributed by atoms with Crippen LogP contribution < -0.4 is 0 Å². The predicted molar refractivity (Wildman–Crippen MR) is 204 cm³/mol. The molecular formula is C46H45N. The third-order valence-electron chi connectivity index (χ3n) is 10.2. The first-order valence-corrected chi connectivity index (χ1v) is 17.4. The molecule has 1 aromatic heterocycles. The standard InChI is InChI=1S/C46H45N/c1-7-32-22-33(8-2)25-38(24-32)36-18-20-45-42(28-36)43-29-37(39-26-34(9-3)23-35(10-4)27-39)19-21-46(43)47(45)44-17-12-11-15-41(44)40-16-13-14-30(5)31(40)6/h11-29H,7-10H2,1-6H3. The molecule has 0 N–H and O–H groups in total. The fourth-order valence-electron chi connectivity index (χ4n) is 7.26. The second-order valence-corrected chi connectivity index (χ2v) is 13.1. The zero-order valence-electron chi connectivity index (χ0n) is 28.7. The Labute approximate surface area is 280 Å². The summed E-state index contributed by atoms with van der Waals surface area (Å²) in [6.45, 7) is 13.5. The van der Waals surface area contributed by atoms with Gasteiger partial charge in [0.25, 0.3) is 0 Å². The third-order valence-corrected chi connectivity index (χ3v) is 10.2. The van der Waals surface area contributed by atoms with Crippen LogP contribution in [0.15, 0.2) is 115 Å². The van der Waals surface area contributed by atoms with Gasteiger partial charge >= 0.3 is 0 Å². The number of hydrogen-bond acceptors (Lipinski definition) is 0. The molecule has 0 aliphatic heterocycles. The van der Waals surface area contributed by atoms with E-state index >= 15 is 0 Å². The van der Waals surface area contributed by atoms with E-state index in [0.717, 1.165) is 25.7 Å². The van der Waals surface area contributed by atoms with Gasteiger partial charge in [0.15, 0.2) is 0 Å². The summed E-state index contributed by atoms with van der Waals surface area (Å²) in [6, 6.07) is 44.0. The highest BCUT2D eigenvalue weighted by molar-refractivity contribution is 6.12. The minimum atomic E-state index is 1.04. The largest absolute Gasteiger partial charge is 0.309 e. The predicted octanol–water partition coefficient (Wildman–Crippen LogP) is 12.7. The van der Waals surface area contributed by atoms with Crippen molar-refractivity contribution in [2.45, 2.75) is 67.2 Å². The smallest absolute Gasteiger partial charge is 0.0541 e. The fourth-order valence-corrected chi connectivity index (χ4v) is 7.26. The second kappa shape index (κ2) is 12.7. The van der Waals surface area contributed by atoms with Crippen LogP contribution in [-0.4, -0.2) is 4.57 Å². The molecule has 0 saturated carbocycles. The van der Waals surface area contributed by atoms with Crippen LogP contribution >= 0.6 is 0 Å². The average molecular weight is 612 g/mol. The van der Waals surface area contributed by atoms with Gasteiger partial charge in [-0.15, -0.1) is 0 Å². The molecule has 1 heterocycles. The van der Waals surface area contributed by atoms with E-state index in [1.54, 1.807) is 0 Å². The van der Waals surface area contributed by atoms with Gasteiger partial charge in [0.2, 0.25) is 0 Å². The normalized spacial score (nSPS) is 11.5. The molecule has 0 saturated heterocycles. The molecule has 0 amide bonds. The van der Waals surface area contributed by atoms with E-state index in [-0.39, 0.29) is 0 Å². The van der Waals surface area contributed by atoms with Gasteiger partial charge < -0.3 is 4.57 Å². The Morgan fingerprint density at radius 1 is 0.426 bits per heavy atom. The van der Waals surface area contributed by atoms with E-state index in [1.165, 1.54) is 94.3 Å². The number of para-hydroxylation sites is 1. The van der Waals surface area contributed by atoms with Crippen molar-refractivity contribution in [1.29, 1.82) is 0 Å². The number of fused-ring (bicyclic) bond motifs is 3. The number of rotatable bonds is 8. The number of aryl methyl sites for hydroxylation is 5. The maximum atomic E-state index is 2.50. The van der Waals surface area contributed by atoms with Crippen LogP contribution in [0.4, 0.5) is 0 Å². The van der Waals surface area contributed by atoms with Crippen LogP contribution in [-0.2, 0) is 25.7 Å². The number of benzene rings is 6. The molecule has 7 rings (SSSR count). The van der Waals surface area contributed by atoms with Crippen molar-refractivity contribution < 1.29 is 0 Å². The number of hydrogen-bond donors (Lipinski definition) is 0. The topological polar surface area (TPSA) is 4.93 Å². The molecule has 1 nitrogen and oxygen atoms in total. The molecule has 6 aromatic carbocycles. The summed E-state index contributed by atoms with van der Waals surface area (Å²) < 4.78 is 2.50. The summed E-state index contributed by atoms with van der Waals surface area (Å²) in [5.41, 5.74) is 19.6. The van der Waals surface area contributed by atoms with Gasteiger partial charge in [0.1, 0.15) is 0 Å². The van der Waals surface area contributed by atoms with Crippen LogP contribution in [0.25, 0.3) is 60.9 Å². The van der Waals surface area contributed by atoms with Crippen molar-refractivity contribution in [3.63, 3.8) is 0 Å². The highest BCUT2D eigenvalue weighted by Crippen LogP contribution is 2.40. The maximum absolute atomic E-state index is 2.50. The molecule has 0 atom stereocenters. The van der Waals surface area contributed by atoms with Gasteiger partial charge in [-0.05, 0) is 131 Å². The van der Waals surface area contributed by atoms with E-state index in [9.17, 15) is 0 Å². The Balaban J connectivity index is 1.53. The minimum Gasteiger partial charge on any atom is -0.309 e. The molecule has 0 bridgehead atoms. The molecule has 234 valence electrons. The quantitative estimate of drug-likeness (QED) is 0.161. The van der Waals surface area contributed by atoms with Gasteiger partial charge in [-0.3, -0.25) is 0 Å². The summed E-state index contributed by atoms with van der Waals surface area (Å²) in [5.74, 6) is 0. The zero-order chi connectivity index (χ0) is 32.7. The molecule has 0 aliphatic carbocycles. The monoisotopic (exact) mass is 611 g/mol. The van der Waals surface area contributed by atoms with Crippen LogP contribution in [0.1, 0.15) is 61.1 Å². The summed E-state index contributed by atoms with van der Waals surface area (Å²) in [5, 5.41) is 2.58. The first-order valence-electron chi connectivity index (χ1n) is 17.4. The van der Waals surface area contributed by atoms with E-state index in [0.29, 0.717) is 0 Å². The van der Waals surface area contributed by atoms with Crippen molar-refractivity contribution in [2.75, 3.05) is 0 Å². The lowest BCUT2D eigenvalue weighted by Gasteiger charge is -2.17. The lowest BCUT2D eigenvalue weighted by Crippen LogP contribution is -1.98. The Bertz CT molecular complexity index is 2100. The molecule has 0 aliphatic rings. The molecule has 0 spiro atoms. The first kappa shape index (κ1) is 30.8. The van der Waals surface area contributed by atoms with Crippen molar-refractivity contribution in [2.24, 2.45) is 0 Å². The molecular weight excluding hydrogens is 567 g/mol. The van der Waals surface area contributed by atoms with E-state index in [2.05, 4.69) is 161 Å². The summed E-state index contributed by atoms with van der Waals surface area (Å²) >= 11 is 0. The molecule has 7 aromatic rings. The summed E-state index contributed by atoms with van der Waals surface area (Å²) in [7, 11) is 0. The fraction of sp³-hybridized carbons (Fsp3) is 0.217. The van der Waals surface area contributed by atoms with Crippen LogP contribution in [0.5, 0.6) is 0 Å². The highest BCUT2D eigenvalue weighted by atomic mass is 15.0. The van der Waals surface area contributed by atoms with E-state index in [4.69, 9.17) is 0 Å². The zero-order valence-corrected chi connectivity index (χ0v) is 28.7. The number of aromatic nitrogens is 1. The Hall–Kier alpha value is -4.88. The van der Waals surface area contributed by atoms with Crippen molar-refractivity contribution in [3.8, 4) is 39.1 Å². The van der Waals surface area contributed by atoms with Crippen molar-refractivity contribution >= 4 is 21.8 Å². The maximum Gasteiger partial charge on any atom is 0.0541 e. The van der Waals surface area contributed by atoms with E-state index in [1.807, 2.05) is 0 Å². The van der Waals surface area contributed by atoms with Gasteiger partial charge in [0.05, 0.1) is 16.7 Å². The van der Waals surface area contributed by atoms with Gasteiger partial charge in [-0.1, -0.05) is 113 Å². The van der Waals surface area contributed by atoms with Crippen LogP contribution in [0.2, 0.25) is 0 Å². The van der Waals surface area contributed by atoms with E-state index < -0.39 is 0 Å². The summed E-state index contributed by atoms with van der Waals surface area (Å²) in [6.07, 6.45) is 4.16. The molecule has 0 fully saturated rings. The summed E-state index contributed by atoms with van der Waals surface area (Å²) in [4.78, 5) is 0. The molecule has 0 unspecified atom stereocenters.